The second-order valence-electron chi connectivity index (χ2n) is 4.96. The van der Waals surface area contributed by atoms with Crippen LogP contribution in [0.2, 0.25) is 0 Å². The Morgan fingerprint density at radius 2 is 2.22 bits per heavy atom. The predicted octanol–water partition coefficient (Wildman–Crippen LogP) is 1.94. The van der Waals surface area contributed by atoms with Gasteiger partial charge in [-0.05, 0) is 32.1 Å². The molecule has 0 saturated carbocycles. The average molecular weight is 255 g/mol. The average Bonchev–Trinajstić information content (AvgIpc) is 2.43. The van der Waals surface area contributed by atoms with Crippen LogP contribution in [0.25, 0.3) is 0 Å². The standard InChI is InChI=1S/C13H25N3O2/c1-3-7-11(12(14)15-18)13(17)16-9-6-5-8-10(16)4-2/h10-11,18H,3-9H2,1-2H3,(H2,14,15). The molecule has 2 unspecified atom stereocenters. The summed E-state index contributed by atoms with van der Waals surface area (Å²) in [5.74, 6) is -0.395. The lowest BCUT2D eigenvalue weighted by atomic mass is 9.95. The van der Waals surface area contributed by atoms with Crippen molar-refractivity contribution in [1.82, 2.24) is 4.90 Å². The maximum Gasteiger partial charge on any atom is 0.233 e. The zero-order valence-electron chi connectivity index (χ0n) is 11.4. The third-order valence-corrected chi connectivity index (χ3v) is 3.73. The topological polar surface area (TPSA) is 78.9 Å². The fraction of sp³-hybridized carbons (Fsp3) is 0.846. The van der Waals surface area contributed by atoms with Crippen LogP contribution in [-0.2, 0) is 4.79 Å². The molecule has 1 saturated heterocycles. The van der Waals surface area contributed by atoms with Gasteiger partial charge in [-0.3, -0.25) is 4.79 Å². The predicted molar refractivity (Wildman–Crippen MR) is 71.4 cm³/mol. The smallest absolute Gasteiger partial charge is 0.233 e. The van der Waals surface area contributed by atoms with Gasteiger partial charge < -0.3 is 15.8 Å². The van der Waals surface area contributed by atoms with Gasteiger partial charge in [-0.15, -0.1) is 0 Å². The number of carbonyl (C=O) groups is 1. The monoisotopic (exact) mass is 255 g/mol. The lowest BCUT2D eigenvalue weighted by Crippen LogP contribution is -2.49. The second-order valence-corrected chi connectivity index (χ2v) is 4.96. The molecule has 1 heterocycles. The number of oxime groups is 1. The third-order valence-electron chi connectivity index (χ3n) is 3.73. The van der Waals surface area contributed by atoms with Crippen molar-refractivity contribution in [2.75, 3.05) is 6.54 Å². The normalized spacial score (nSPS) is 22.9. The van der Waals surface area contributed by atoms with E-state index in [9.17, 15) is 4.79 Å². The van der Waals surface area contributed by atoms with Crippen molar-refractivity contribution in [3.8, 4) is 0 Å². The maximum atomic E-state index is 12.5. The Kier molecular flexibility index (Phi) is 5.95. The lowest BCUT2D eigenvalue weighted by molar-refractivity contribution is -0.137. The molecule has 0 bridgehead atoms. The molecule has 0 aromatic carbocycles. The fourth-order valence-corrected chi connectivity index (χ4v) is 2.67. The number of hydrogen-bond acceptors (Lipinski definition) is 3. The first-order chi connectivity index (χ1) is 8.65. The molecule has 0 aromatic rings. The van der Waals surface area contributed by atoms with Gasteiger partial charge in [-0.1, -0.05) is 25.4 Å². The molecular weight excluding hydrogens is 230 g/mol. The third kappa shape index (κ3) is 3.37. The summed E-state index contributed by atoms with van der Waals surface area (Å²) in [6, 6.07) is 0.317. The SMILES string of the molecule is CCCC(C(=O)N1CCCCC1CC)C(N)=NO. The first-order valence-corrected chi connectivity index (χ1v) is 6.93. The Labute approximate surface area is 109 Å². The number of carbonyl (C=O) groups excluding carboxylic acids is 1. The quantitative estimate of drug-likeness (QED) is 0.341. The van der Waals surface area contributed by atoms with Crippen molar-refractivity contribution in [1.29, 1.82) is 0 Å². The second kappa shape index (κ2) is 7.24. The highest BCUT2D eigenvalue weighted by Gasteiger charge is 2.32. The Bertz CT molecular complexity index is 305. The van der Waals surface area contributed by atoms with Gasteiger partial charge >= 0.3 is 0 Å². The van der Waals surface area contributed by atoms with E-state index >= 15 is 0 Å². The minimum atomic E-state index is -0.466. The Morgan fingerprint density at radius 3 is 2.78 bits per heavy atom. The van der Waals surface area contributed by atoms with Gasteiger partial charge in [0.2, 0.25) is 5.91 Å². The fourth-order valence-electron chi connectivity index (χ4n) is 2.67. The first kappa shape index (κ1) is 14.8. The van der Waals surface area contributed by atoms with Crippen LogP contribution >= 0.6 is 0 Å². The summed E-state index contributed by atoms with van der Waals surface area (Å²) in [6.07, 6.45) is 5.76. The molecule has 18 heavy (non-hydrogen) atoms. The maximum absolute atomic E-state index is 12.5. The van der Waals surface area contributed by atoms with Crippen LogP contribution in [0.3, 0.4) is 0 Å². The van der Waals surface area contributed by atoms with E-state index in [2.05, 4.69) is 12.1 Å². The molecule has 0 aliphatic carbocycles. The lowest BCUT2D eigenvalue weighted by Gasteiger charge is -2.37. The Morgan fingerprint density at radius 1 is 1.50 bits per heavy atom. The molecule has 1 aliphatic heterocycles. The largest absolute Gasteiger partial charge is 0.409 e. The first-order valence-electron chi connectivity index (χ1n) is 6.93. The van der Waals surface area contributed by atoms with E-state index in [-0.39, 0.29) is 11.7 Å². The van der Waals surface area contributed by atoms with Gasteiger partial charge in [0.15, 0.2) is 5.84 Å². The van der Waals surface area contributed by atoms with Crippen molar-refractivity contribution in [2.24, 2.45) is 16.8 Å². The summed E-state index contributed by atoms with van der Waals surface area (Å²) in [6.45, 7) is 4.91. The van der Waals surface area contributed by atoms with E-state index < -0.39 is 5.92 Å². The molecule has 1 rings (SSSR count). The highest BCUT2D eigenvalue weighted by molar-refractivity contribution is 6.02. The summed E-state index contributed by atoms with van der Waals surface area (Å²) in [5.41, 5.74) is 5.65. The van der Waals surface area contributed by atoms with Crippen LogP contribution in [0.15, 0.2) is 5.16 Å². The molecule has 0 radical (unpaired) electrons. The molecule has 0 spiro atoms. The number of rotatable bonds is 5. The summed E-state index contributed by atoms with van der Waals surface area (Å²) in [4.78, 5) is 14.4. The molecule has 5 nitrogen and oxygen atoms in total. The zero-order chi connectivity index (χ0) is 13.5. The van der Waals surface area contributed by atoms with E-state index in [1.54, 1.807) is 0 Å². The molecule has 1 amide bonds. The summed E-state index contributed by atoms with van der Waals surface area (Å²) >= 11 is 0. The Hall–Kier alpha value is -1.26. The highest BCUT2D eigenvalue weighted by Crippen LogP contribution is 2.23. The van der Waals surface area contributed by atoms with Crippen LogP contribution in [0.5, 0.6) is 0 Å². The van der Waals surface area contributed by atoms with Crippen LogP contribution in [0.1, 0.15) is 52.4 Å². The van der Waals surface area contributed by atoms with Crippen molar-refractivity contribution in [2.45, 2.75) is 58.4 Å². The van der Waals surface area contributed by atoms with Gasteiger partial charge in [-0.25, -0.2) is 0 Å². The molecule has 3 N–H and O–H groups in total. The van der Waals surface area contributed by atoms with Gasteiger partial charge in [-0.2, -0.15) is 0 Å². The summed E-state index contributed by atoms with van der Waals surface area (Å²) in [7, 11) is 0. The van der Waals surface area contributed by atoms with Crippen LogP contribution in [0.4, 0.5) is 0 Å². The van der Waals surface area contributed by atoms with Crippen LogP contribution in [0, 0.1) is 5.92 Å². The highest BCUT2D eigenvalue weighted by atomic mass is 16.4. The minimum absolute atomic E-state index is 0.0266. The minimum Gasteiger partial charge on any atom is -0.409 e. The van der Waals surface area contributed by atoms with E-state index in [0.29, 0.717) is 12.5 Å². The number of likely N-dealkylation sites (tertiary alicyclic amines) is 1. The number of amides is 1. The van der Waals surface area contributed by atoms with Crippen molar-refractivity contribution in [3.63, 3.8) is 0 Å². The zero-order valence-corrected chi connectivity index (χ0v) is 11.4. The molecule has 1 aliphatic rings. The number of nitrogens with zero attached hydrogens (tertiary/aromatic N) is 2. The van der Waals surface area contributed by atoms with E-state index in [4.69, 9.17) is 10.9 Å². The molecule has 0 aromatic heterocycles. The van der Waals surface area contributed by atoms with Gasteiger partial charge in [0.05, 0.1) is 5.92 Å². The van der Waals surface area contributed by atoms with Crippen molar-refractivity contribution < 1.29 is 10.0 Å². The number of hydrogen-bond donors (Lipinski definition) is 2. The molecule has 2 atom stereocenters. The summed E-state index contributed by atoms with van der Waals surface area (Å²) < 4.78 is 0. The Balaban J connectivity index is 2.80. The number of nitrogens with two attached hydrogens (primary N) is 1. The number of amidine groups is 1. The van der Waals surface area contributed by atoms with E-state index in [1.165, 1.54) is 6.42 Å². The van der Waals surface area contributed by atoms with Crippen molar-refractivity contribution in [3.05, 3.63) is 0 Å². The van der Waals surface area contributed by atoms with Crippen molar-refractivity contribution >= 4 is 11.7 Å². The van der Waals surface area contributed by atoms with E-state index in [0.717, 1.165) is 32.2 Å². The molecule has 5 heteroatoms. The summed E-state index contributed by atoms with van der Waals surface area (Å²) in [5, 5.41) is 11.8. The molecule has 104 valence electrons. The van der Waals surface area contributed by atoms with Crippen LogP contribution in [-0.4, -0.2) is 34.4 Å². The molecular formula is C13H25N3O2. The van der Waals surface area contributed by atoms with Gasteiger partial charge in [0.25, 0.3) is 0 Å². The number of piperidine rings is 1. The molecule has 1 fully saturated rings. The van der Waals surface area contributed by atoms with Crippen LogP contribution < -0.4 is 5.73 Å². The van der Waals surface area contributed by atoms with Gasteiger partial charge in [0.1, 0.15) is 0 Å². The van der Waals surface area contributed by atoms with Gasteiger partial charge in [0, 0.05) is 12.6 Å². The van der Waals surface area contributed by atoms with E-state index in [1.807, 2.05) is 11.8 Å².